The van der Waals surface area contributed by atoms with Crippen molar-refractivity contribution in [2.24, 2.45) is 0 Å². The third kappa shape index (κ3) is 3.03. The number of Topliss-reactive ketones (excluding diaryl/α,β-unsaturated/α-hetero) is 1. The fraction of sp³-hybridized carbons (Fsp3) is 0.273. The summed E-state index contributed by atoms with van der Waals surface area (Å²) >= 11 is 0. The Labute approximate surface area is 103 Å². The van der Waals surface area contributed by atoms with Crippen LogP contribution in [0.25, 0.3) is 0 Å². The summed E-state index contributed by atoms with van der Waals surface area (Å²) in [6, 6.07) is 4.30. The molecule has 0 radical (unpaired) electrons. The number of hydrogen-bond acceptors (Lipinski definition) is 5. The van der Waals surface area contributed by atoms with Crippen LogP contribution in [-0.4, -0.2) is 35.9 Å². The molecule has 0 saturated carbocycles. The predicted octanol–water partition coefficient (Wildman–Crippen LogP) is 0.857. The Bertz CT molecular complexity index is 510. The molecular weight excluding hydrogens is 240 g/mol. The van der Waals surface area contributed by atoms with Gasteiger partial charge in [-0.3, -0.25) is 14.9 Å². The fourth-order valence-electron chi connectivity index (χ4n) is 1.40. The summed E-state index contributed by atoms with van der Waals surface area (Å²) in [7, 11) is 3.45. The van der Waals surface area contributed by atoms with Crippen LogP contribution in [0.4, 0.5) is 11.4 Å². The highest BCUT2D eigenvalue weighted by Crippen LogP contribution is 2.25. The van der Waals surface area contributed by atoms with Gasteiger partial charge >= 0.3 is 5.97 Å². The minimum atomic E-state index is -1.60. The second-order valence-electron chi connectivity index (χ2n) is 3.87. The van der Waals surface area contributed by atoms with Gasteiger partial charge in [-0.15, -0.1) is 0 Å². The molecule has 0 aliphatic heterocycles. The van der Waals surface area contributed by atoms with Gasteiger partial charge in [-0.1, -0.05) is 0 Å². The van der Waals surface area contributed by atoms with E-state index in [1.807, 2.05) is 0 Å². The highest BCUT2D eigenvalue weighted by atomic mass is 16.6. The Hall–Kier alpha value is -2.44. The molecule has 1 rings (SSSR count). The van der Waals surface area contributed by atoms with Gasteiger partial charge in [0.25, 0.3) is 5.69 Å². The Kier molecular flexibility index (Phi) is 3.98. The fourth-order valence-corrected chi connectivity index (χ4v) is 1.40. The first kappa shape index (κ1) is 13.6. The molecule has 0 amide bonds. The third-order valence-electron chi connectivity index (χ3n) is 2.37. The number of nitro groups is 1. The van der Waals surface area contributed by atoms with Gasteiger partial charge in [0.05, 0.1) is 4.92 Å². The van der Waals surface area contributed by atoms with E-state index in [-0.39, 0.29) is 11.3 Å². The van der Waals surface area contributed by atoms with Gasteiger partial charge in [0, 0.05) is 37.8 Å². The van der Waals surface area contributed by atoms with Crippen molar-refractivity contribution in [3.8, 4) is 0 Å². The van der Waals surface area contributed by atoms with Crippen LogP contribution in [0.3, 0.4) is 0 Å². The van der Waals surface area contributed by atoms with Crippen LogP contribution in [0.5, 0.6) is 0 Å². The molecule has 0 spiro atoms. The number of aliphatic carboxylic acids is 1. The minimum absolute atomic E-state index is 0.0954. The lowest BCUT2D eigenvalue weighted by molar-refractivity contribution is -0.385. The van der Waals surface area contributed by atoms with Gasteiger partial charge in [0.2, 0.25) is 5.78 Å². The number of nitrogens with zero attached hydrogens (tertiary/aromatic N) is 2. The number of carboxylic acid groups (broad SMARTS) is 1. The first-order valence-corrected chi connectivity index (χ1v) is 5.03. The topological polar surface area (TPSA) is 101 Å². The molecule has 0 fully saturated rings. The Balaban J connectivity index is 3.16. The van der Waals surface area contributed by atoms with Crippen molar-refractivity contribution >= 4 is 23.1 Å². The maximum atomic E-state index is 11.1. The molecule has 0 atom stereocenters. The van der Waals surface area contributed by atoms with Crippen LogP contribution in [0, 0.1) is 10.1 Å². The molecule has 1 aromatic rings. The van der Waals surface area contributed by atoms with Gasteiger partial charge in [0.1, 0.15) is 0 Å². The standard InChI is InChI=1S/C11H12N2O5/c1-12(2)8-4-3-7(5-10(14)11(15)16)9(6-8)13(17)18/h3-4,6H,5H2,1-2H3,(H,15,16). The highest BCUT2D eigenvalue weighted by Gasteiger charge is 2.20. The van der Waals surface area contributed by atoms with Crippen LogP contribution >= 0.6 is 0 Å². The van der Waals surface area contributed by atoms with Gasteiger partial charge in [-0.2, -0.15) is 0 Å². The van der Waals surface area contributed by atoms with E-state index in [9.17, 15) is 19.7 Å². The summed E-state index contributed by atoms with van der Waals surface area (Å²) < 4.78 is 0. The van der Waals surface area contributed by atoms with Crippen molar-refractivity contribution in [3.63, 3.8) is 0 Å². The quantitative estimate of drug-likeness (QED) is 0.473. The highest BCUT2D eigenvalue weighted by molar-refractivity contribution is 6.33. The van der Waals surface area contributed by atoms with Crippen LogP contribution in [0.15, 0.2) is 18.2 Å². The number of benzene rings is 1. The second-order valence-corrected chi connectivity index (χ2v) is 3.87. The number of anilines is 1. The van der Waals surface area contributed by atoms with Crippen LogP contribution in [0.2, 0.25) is 0 Å². The Morgan fingerprint density at radius 2 is 2.00 bits per heavy atom. The molecule has 0 bridgehead atoms. The summed E-state index contributed by atoms with van der Waals surface area (Å²) in [5.74, 6) is -2.67. The maximum absolute atomic E-state index is 11.1. The average molecular weight is 252 g/mol. The lowest BCUT2D eigenvalue weighted by atomic mass is 10.1. The third-order valence-corrected chi connectivity index (χ3v) is 2.37. The summed E-state index contributed by atoms with van der Waals surface area (Å²) in [6.07, 6.45) is -0.487. The van der Waals surface area contributed by atoms with Crippen LogP contribution < -0.4 is 4.90 Å². The number of nitro benzene ring substituents is 1. The molecule has 0 aliphatic rings. The van der Waals surface area contributed by atoms with E-state index >= 15 is 0 Å². The number of carbonyl (C=O) groups excluding carboxylic acids is 1. The Morgan fingerprint density at radius 1 is 1.39 bits per heavy atom. The lowest BCUT2D eigenvalue weighted by Crippen LogP contribution is -2.16. The van der Waals surface area contributed by atoms with Crippen molar-refractivity contribution < 1.29 is 19.6 Å². The number of ketones is 1. The lowest BCUT2D eigenvalue weighted by Gasteiger charge is -2.12. The summed E-state index contributed by atoms with van der Waals surface area (Å²) in [5, 5.41) is 19.4. The number of carbonyl (C=O) groups is 2. The largest absolute Gasteiger partial charge is 0.475 e. The van der Waals surface area contributed by atoms with Crippen LogP contribution in [0.1, 0.15) is 5.56 Å². The molecule has 0 heterocycles. The first-order chi connectivity index (χ1) is 8.32. The first-order valence-electron chi connectivity index (χ1n) is 5.03. The molecule has 0 aliphatic carbocycles. The molecule has 18 heavy (non-hydrogen) atoms. The molecule has 1 N–H and O–H groups in total. The van der Waals surface area contributed by atoms with Gasteiger partial charge < -0.3 is 10.0 Å². The van der Waals surface area contributed by atoms with E-state index in [2.05, 4.69) is 0 Å². The molecular formula is C11H12N2O5. The van der Waals surface area contributed by atoms with Gasteiger partial charge in [-0.05, 0) is 12.1 Å². The second kappa shape index (κ2) is 5.26. The van der Waals surface area contributed by atoms with Crippen molar-refractivity contribution in [2.45, 2.75) is 6.42 Å². The molecule has 0 aromatic heterocycles. The van der Waals surface area contributed by atoms with Crippen LogP contribution in [-0.2, 0) is 16.0 Å². The number of hydrogen-bond donors (Lipinski definition) is 1. The predicted molar refractivity (Wildman–Crippen MR) is 63.8 cm³/mol. The van der Waals surface area contributed by atoms with Gasteiger partial charge in [-0.25, -0.2) is 4.79 Å². The molecule has 7 heteroatoms. The number of rotatable bonds is 5. The summed E-state index contributed by atoms with van der Waals surface area (Å²) in [6.45, 7) is 0. The maximum Gasteiger partial charge on any atom is 0.372 e. The zero-order valence-electron chi connectivity index (χ0n) is 9.91. The van der Waals surface area contributed by atoms with Gasteiger partial charge in [0.15, 0.2) is 0 Å². The normalized spacial score (nSPS) is 9.89. The van der Waals surface area contributed by atoms with E-state index in [0.717, 1.165) is 0 Å². The molecule has 96 valence electrons. The van der Waals surface area contributed by atoms with E-state index in [4.69, 9.17) is 5.11 Å². The van der Waals surface area contributed by atoms with E-state index in [1.54, 1.807) is 25.1 Å². The zero-order valence-corrected chi connectivity index (χ0v) is 9.91. The zero-order chi connectivity index (χ0) is 13.9. The minimum Gasteiger partial charge on any atom is -0.475 e. The molecule has 0 saturated heterocycles. The van der Waals surface area contributed by atoms with Crippen molar-refractivity contribution in [2.75, 3.05) is 19.0 Å². The van der Waals surface area contributed by atoms with E-state index in [0.29, 0.717) is 5.69 Å². The monoisotopic (exact) mass is 252 g/mol. The summed E-state index contributed by atoms with van der Waals surface area (Å²) in [5.41, 5.74) is 0.446. The van der Waals surface area contributed by atoms with E-state index in [1.165, 1.54) is 12.1 Å². The average Bonchev–Trinajstić information content (AvgIpc) is 2.28. The SMILES string of the molecule is CN(C)c1ccc(CC(=O)C(=O)O)c([N+](=O)[O-])c1. The number of carboxylic acids is 1. The molecule has 0 unspecified atom stereocenters. The Morgan fingerprint density at radius 3 is 2.44 bits per heavy atom. The van der Waals surface area contributed by atoms with Crippen molar-refractivity contribution in [3.05, 3.63) is 33.9 Å². The van der Waals surface area contributed by atoms with Crippen molar-refractivity contribution in [1.29, 1.82) is 0 Å². The summed E-state index contributed by atoms with van der Waals surface area (Å²) in [4.78, 5) is 33.4. The molecule has 7 nitrogen and oxygen atoms in total. The smallest absolute Gasteiger partial charge is 0.372 e. The van der Waals surface area contributed by atoms with E-state index < -0.39 is 23.1 Å². The van der Waals surface area contributed by atoms with Crippen molar-refractivity contribution in [1.82, 2.24) is 0 Å². The molecule has 1 aromatic carbocycles.